The number of nitrogens with zero attached hydrogens (tertiary/aromatic N) is 2. The van der Waals surface area contributed by atoms with Crippen LogP contribution in [0, 0.1) is 5.92 Å². The Labute approximate surface area is 184 Å². The second kappa shape index (κ2) is 8.61. The zero-order valence-electron chi connectivity index (χ0n) is 17.8. The van der Waals surface area contributed by atoms with Gasteiger partial charge in [-0.05, 0) is 30.5 Å². The number of ether oxygens (including phenoxy) is 1. The summed E-state index contributed by atoms with van der Waals surface area (Å²) >= 11 is 0. The Kier molecular flexibility index (Phi) is 5.53. The van der Waals surface area contributed by atoms with Crippen LogP contribution in [0.1, 0.15) is 19.5 Å². The van der Waals surface area contributed by atoms with E-state index in [1.54, 1.807) is 0 Å². The fraction of sp³-hybridized carbons (Fsp3) is 0.185. The average molecular weight is 424 g/mol. The van der Waals surface area contributed by atoms with E-state index >= 15 is 0 Å². The summed E-state index contributed by atoms with van der Waals surface area (Å²) in [6.07, 6.45) is 0. The molecule has 154 valence electrons. The lowest BCUT2D eigenvalue weighted by molar-refractivity contribution is 0.291. The van der Waals surface area contributed by atoms with Gasteiger partial charge >= 0.3 is 0 Å². The van der Waals surface area contributed by atoms with Crippen LogP contribution in [-0.2, 0) is 4.74 Å². The molecule has 0 aliphatic carbocycles. The first-order chi connectivity index (χ1) is 15.2. The van der Waals surface area contributed by atoms with Crippen molar-refractivity contribution < 1.29 is 4.74 Å². The SMILES string of the molecule is CC(C)[C@H]1COC(c2ccc3cccc(P(c4ccccc4)c4ccccc4)c3n2)=N1. The highest BCUT2D eigenvalue weighted by Gasteiger charge is 2.25. The van der Waals surface area contributed by atoms with E-state index in [-0.39, 0.29) is 6.04 Å². The average Bonchev–Trinajstić information content (AvgIpc) is 3.31. The lowest BCUT2D eigenvalue weighted by atomic mass is 10.1. The highest BCUT2D eigenvalue weighted by molar-refractivity contribution is 7.80. The molecule has 1 aromatic heterocycles. The first kappa shape index (κ1) is 19.9. The van der Waals surface area contributed by atoms with Gasteiger partial charge in [-0.15, -0.1) is 0 Å². The van der Waals surface area contributed by atoms with E-state index in [1.165, 1.54) is 15.9 Å². The van der Waals surface area contributed by atoms with Gasteiger partial charge in [-0.2, -0.15) is 0 Å². The monoisotopic (exact) mass is 424 g/mol. The number of hydrogen-bond acceptors (Lipinski definition) is 3. The molecular formula is C27H25N2OP. The molecule has 4 heteroatoms. The van der Waals surface area contributed by atoms with Crippen LogP contribution < -0.4 is 15.9 Å². The zero-order valence-corrected chi connectivity index (χ0v) is 18.7. The highest BCUT2D eigenvalue weighted by Crippen LogP contribution is 2.35. The van der Waals surface area contributed by atoms with Gasteiger partial charge in [0.05, 0.1) is 11.6 Å². The van der Waals surface area contributed by atoms with Crippen molar-refractivity contribution in [2.45, 2.75) is 19.9 Å². The van der Waals surface area contributed by atoms with Crippen LogP contribution in [-0.4, -0.2) is 23.5 Å². The molecule has 0 bridgehead atoms. The predicted molar refractivity (Wildman–Crippen MR) is 132 cm³/mol. The molecule has 0 N–H and O–H groups in total. The summed E-state index contributed by atoms with van der Waals surface area (Å²) in [5.74, 6) is 1.12. The Hall–Kier alpha value is -3.03. The summed E-state index contributed by atoms with van der Waals surface area (Å²) in [6.45, 7) is 4.99. The molecule has 4 aromatic rings. The van der Waals surface area contributed by atoms with Gasteiger partial charge in [0.25, 0.3) is 0 Å². The first-order valence-electron chi connectivity index (χ1n) is 10.7. The van der Waals surface area contributed by atoms with Gasteiger partial charge in [0.15, 0.2) is 0 Å². The van der Waals surface area contributed by atoms with Crippen LogP contribution in [0.15, 0.2) is 96.0 Å². The van der Waals surface area contributed by atoms with Crippen molar-refractivity contribution in [1.29, 1.82) is 0 Å². The molecule has 0 saturated carbocycles. The molecule has 0 saturated heterocycles. The maximum atomic E-state index is 5.92. The van der Waals surface area contributed by atoms with Crippen LogP contribution in [0.5, 0.6) is 0 Å². The van der Waals surface area contributed by atoms with Crippen LogP contribution in [0.25, 0.3) is 10.9 Å². The quantitative estimate of drug-likeness (QED) is 0.432. The molecule has 0 fully saturated rings. The van der Waals surface area contributed by atoms with Gasteiger partial charge in [0.1, 0.15) is 12.3 Å². The number of rotatable bonds is 5. The van der Waals surface area contributed by atoms with Gasteiger partial charge in [0.2, 0.25) is 5.90 Å². The molecule has 1 aliphatic heterocycles. The number of para-hydroxylation sites is 1. The minimum Gasteiger partial charge on any atom is -0.474 e. The summed E-state index contributed by atoms with van der Waals surface area (Å²) < 4.78 is 5.92. The first-order valence-corrected chi connectivity index (χ1v) is 12.1. The molecule has 2 heterocycles. The predicted octanol–water partition coefficient (Wildman–Crippen LogP) is 4.79. The summed E-state index contributed by atoms with van der Waals surface area (Å²) in [5.41, 5.74) is 1.84. The summed E-state index contributed by atoms with van der Waals surface area (Å²) in [7, 11) is -0.733. The fourth-order valence-electron chi connectivity index (χ4n) is 3.88. The molecule has 0 radical (unpaired) electrons. The number of aliphatic imine (C=N–C) groups is 1. The lowest BCUT2D eigenvalue weighted by Crippen LogP contribution is -2.22. The normalized spacial score (nSPS) is 16.0. The van der Waals surface area contributed by atoms with E-state index in [9.17, 15) is 0 Å². The van der Waals surface area contributed by atoms with Gasteiger partial charge in [-0.25, -0.2) is 9.98 Å². The largest absolute Gasteiger partial charge is 0.474 e. The van der Waals surface area contributed by atoms with Crippen molar-refractivity contribution in [3.05, 3.63) is 96.7 Å². The Morgan fingerprint density at radius 1 is 0.806 bits per heavy atom. The van der Waals surface area contributed by atoms with Gasteiger partial charge in [-0.3, -0.25) is 0 Å². The topological polar surface area (TPSA) is 34.5 Å². The van der Waals surface area contributed by atoms with Crippen molar-refractivity contribution in [3.8, 4) is 0 Å². The standard InChI is InChI=1S/C27H25N2OP/c1-19(2)24-18-30-27(29-24)23-17-16-20-10-9-15-25(26(20)28-23)31(21-11-5-3-6-12-21)22-13-7-4-8-14-22/h3-17,19,24H,18H2,1-2H3/t24-/m1/s1. The molecular weight excluding hydrogens is 399 g/mol. The zero-order chi connectivity index (χ0) is 21.2. The Morgan fingerprint density at radius 2 is 1.48 bits per heavy atom. The van der Waals surface area contributed by atoms with Gasteiger partial charge < -0.3 is 4.74 Å². The van der Waals surface area contributed by atoms with Crippen molar-refractivity contribution in [1.82, 2.24) is 4.98 Å². The third-order valence-corrected chi connectivity index (χ3v) is 8.10. The van der Waals surface area contributed by atoms with E-state index in [4.69, 9.17) is 14.7 Å². The molecule has 31 heavy (non-hydrogen) atoms. The number of aromatic nitrogens is 1. The minimum atomic E-state index is -0.733. The Morgan fingerprint density at radius 3 is 2.10 bits per heavy atom. The van der Waals surface area contributed by atoms with E-state index in [1.807, 2.05) is 6.07 Å². The lowest BCUT2D eigenvalue weighted by Gasteiger charge is -2.20. The van der Waals surface area contributed by atoms with Crippen LogP contribution in [0.4, 0.5) is 0 Å². The summed E-state index contributed by atoms with van der Waals surface area (Å²) in [4.78, 5) is 9.88. The van der Waals surface area contributed by atoms with Gasteiger partial charge in [0, 0.05) is 10.7 Å². The summed E-state index contributed by atoms with van der Waals surface area (Å²) in [6, 6.07) is 32.4. The molecule has 3 aromatic carbocycles. The molecule has 5 rings (SSSR count). The third-order valence-electron chi connectivity index (χ3n) is 5.63. The second-order valence-electron chi connectivity index (χ2n) is 8.11. The number of hydrogen-bond donors (Lipinski definition) is 0. The molecule has 3 nitrogen and oxygen atoms in total. The van der Waals surface area contributed by atoms with E-state index in [0.29, 0.717) is 18.4 Å². The molecule has 0 spiro atoms. The van der Waals surface area contributed by atoms with Crippen molar-refractivity contribution in [2.24, 2.45) is 10.9 Å². The fourth-order valence-corrected chi connectivity index (χ4v) is 6.30. The highest BCUT2D eigenvalue weighted by atomic mass is 31.1. The van der Waals surface area contributed by atoms with Crippen molar-refractivity contribution in [2.75, 3.05) is 6.61 Å². The second-order valence-corrected chi connectivity index (χ2v) is 10.3. The number of fused-ring (bicyclic) bond motifs is 1. The summed E-state index contributed by atoms with van der Waals surface area (Å²) in [5, 5.41) is 5.03. The van der Waals surface area contributed by atoms with Crippen molar-refractivity contribution >= 4 is 40.6 Å². The Balaban J connectivity index is 1.67. The molecule has 1 aliphatic rings. The van der Waals surface area contributed by atoms with E-state index in [2.05, 4.69) is 98.8 Å². The maximum absolute atomic E-state index is 5.92. The van der Waals surface area contributed by atoms with Crippen molar-refractivity contribution in [3.63, 3.8) is 0 Å². The maximum Gasteiger partial charge on any atom is 0.235 e. The number of pyridine rings is 1. The van der Waals surface area contributed by atoms with Crippen LogP contribution in [0.2, 0.25) is 0 Å². The van der Waals surface area contributed by atoms with E-state index in [0.717, 1.165) is 16.6 Å². The van der Waals surface area contributed by atoms with Crippen LogP contribution >= 0.6 is 7.92 Å². The van der Waals surface area contributed by atoms with Crippen LogP contribution in [0.3, 0.4) is 0 Å². The Bertz CT molecular complexity index is 1180. The van der Waals surface area contributed by atoms with E-state index < -0.39 is 7.92 Å². The smallest absolute Gasteiger partial charge is 0.235 e. The third kappa shape index (κ3) is 3.98. The number of benzene rings is 3. The molecule has 0 unspecified atom stereocenters. The molecule has 0 amide bonds. The molecule has 1 atom stereocenters. The van der Waals surface area contributed by atoms with Gasteiger partial charge in [-0.1, -0.05) is 98.8 Å². The minimum absolute atomic E-state index is 0.202.